The fraction of sp³-hybridized carbons (Fsp3) is 1.00. The van der Waals surface area contributed by atoms with Crippen LogP contribution in [0.3, 0.4) is 0 Å². The summed E-state index contributed by atoms with van der Waals surface area (Å²) in [5, 5.41) is 0. The van der Waals surface area contributed by atoms with Crippen molar-refractivity contribution in [1.82, 2.24) is 0 Å². The molecule has 1 spiro atoms. The molecule has 0 unspecified atom stereocenters. The normalized spacial score (nSPS) is 32.1. The van der Waals surface area contributed by atoms with Crippen LogP contribution in [-0.2, 0) is 9.47 Å². The van der Waals surface area contributed by atoms with E-state index in [9.17, 15) is 0 Å². The molecule has 0 aromatic carbocycles. The van der Waals surface area contributed by atoms with E-state index in [1.807, 2.05) is 0 Å². The van der Waals surface area contributed by atoms with E-state index in [4.69, 9.17) is 15.2 Å². The van der Waals surface area contributed by atoms with Crippen LogP contribution < -0.4 is 5.73 Å². The molecule has 3 rings (SSSR count). The van der Waals surface area contributed by atoms with Crippen molar-refractivity contribution in [1.29, 1.82) is 0 Å². The molecule has 0 aromatic rings. The van der Waals surface area contributed by atoms with E-state index in [0.29, 0.717) is 5.41 Å². The first-order valence-corrected chi connectivity index (χ1v) is 6.74. The molecule has 2 saturated carbocycles. The van der Waals surface area contributed by atoms with Gasteiger partial charge in [0.15, 0.2) is 5.79 Å². The summed E-state index contributed by atoms with van der Waals surface area (Å²) in [6.45, 7) is 2.47. The molecule has 1 aliphatic heterocycles. The first-order valence-electron chi connectivity index (χ1n) is 6.74. The Kier molecular flexibility index (Phi) is 2.73. The highest BCUT2D eigenvalue weighted by Gasteiger charge is 2.46. The third-order valence-electron chi connectivity index (χ3n) is 4.79. The van der Waals surface area contributed by atoms with Gasteiger partial charge < -0.3 is 15.2 Å². The van der Waals surface area contributed by atoms with E-state index >= 15 is 0 Å². The summed E-state index contributed by atoms with van der Waals surface area (Å²) >= 11 is 0. The second-order valence-corrected chi connectivity index (χ2v) is 5.96. The lowest BCUT2D eigenvalue weighted by Gasteiger charge is -2.36. The van der Waals surface area contributed by atoms with Crippen LogP contribution in [0.2, 0.25) is 0 Å². The van der Waals surface area contributed by atoms with Gasteiger partial charge in [-0.3, -0.25) is 0 Å². The maximum atomic E-state index is 5.85. The quantitative estimate of drug-likeness (QED) is 0.799. The lowest BCUT2D eigenvalue weighted by Crippen LogP contribution is -2.36. The summed E-state index contributed by atoms with van der Waals surface area (Å²) in [6, 6.07) is 0. The number of hydrogen-bond donors (Lipinski definition) is 1. The summed E-state index contributed by atoms with van der Waals surface area (Å²) < 4.78 is 11.5. The van der Waals surface area contributed by atoms with Crippen molar-refractivity contribution in [2.24, 2.45) is 17.1 Å². The molecule has 0 bridgehead atoms. The van der Waals surface area contributed by atoms with Crippen molar-refractivity contribution in [3.63, 3.8) is 0 Å². The first-order chi connectivity index (χ1) is 7.76. The maximum Gasteiger partial charge on any atom is 0.168 e. The third kappa shape index (κ3) is 2.01. The Bertz CT molecular complexity index is 247. The Hall–Kier alpha value is -0.120. The Morgan fingerprint density at radius 1 is 1.00 bits per heavy atom. The molecule has 1 saturated heterocycles. The molecular formula is C13H23NO2. The van der Waals surface area contributed by atoms with Crippen molar-refractivity contribution in [2.45, 2.75) is 50.7 Å². The zero-order valence-electron chi connectivity index (χ0n) is 10.0. The predicted molar refractivity (Wildman–Crippen MR) is 61.9 cm³/mol. The smallest absolute Gasteiger partial charge is 0.168 e. The van der Waals surface area contributed by atoms with Gasteiger partial charge in [0.2, 0.25) is 0 Å². The number of rotatable bonds is 3. The van der Waals surface area contributed by atoms with Crippen LogP contribution in [-0.4, -0.2) is 25.5 Å². The molecule has 92 valence electrons. The topological polar surface area (TPSA) is 44.5 Å². The van der Waals surface area contributed by atoms with Gasteiger partial charge in [-0.05, 0) is 50.0 Å². The van der Waals surface area contributed by atoms with Gasteiger partial charge in [-0.15, -0.1) is 0 Å². The molecule has 2 N–H and O–H groups in total. The van der Waals surface area contributed by atoms with Crippen LogP contribution in [0.25, 0.3) is 0 Å². The molecule has 3 aliphatic rings. The monoisotopic (exact) mass is 225 g/mol. The van der Waals surface area contributed by atoms with Crippen molar-refractivity contribution < 1.29 is 9.47 Å². The number of hydrogen-bond acceptors (Lipinski definition) is 3. The molecule has 3 fully saturated rings. The second kappa shape index (κ2) is 3.97. The standard InChI is InChI=1S/C13H23NO2/c14-10-12(5-6-12)9-11-1-3-13(4-2-11)15-7-8-16-13/h11H,1-10,14H2. The van der Waals surface area contributed by atoms with Crippen LogP contribution in [0.4, 0.5) is 0 Å². The van der Waals surface area contributed by atoms with Crippen LogP contribution in [0.5, 0.6) is 0 Å². The average molecular weight is 225 g/mol. The Morgan fingerprint density at radius 2 is 1.62 bits per heavy atom. The van der Waals surface area contributed by atoms with Gasteiger partial charge >= 0.3 is 0 Å². The number of ether oxygens (including phenoxy) is 2. The number of nitrogens with two attached hydrogens (primary N) is 1. The van der Waals surface area contributed by atoms with Crippen molar-refractivity contribution in [3.05, 3.63) is 0 Å². The molecule has 0 radical (unpaired) electrons. The maximum absolute atomic E-state index is 5.85. The van der Waals surface area contributed by atoms with Crippen LogP contribution >= 0.6 is 0 Å². The highest BCUT2D eigenvalue weighted by molar-refractivity contribution is 4.96. The van der Waals surface area contributed by atoms with E-state index in [2.05, 4.69) is 0 Å². The Morgan fingerprint density at radius 3 is 2.12 bits per heavy atom. The first kappa shape index (κ1) is 11.0. The molecule has 2 aliphatic carbocycles. The Balaban J connectivity index is 1.51. The van der Waals surface area contributed by atoms with Crippen molar-refractivity contribution in [2.75, 3.05) is 19.8 Å². The van der Waals surface area contributed by atoms with Crippen molar-refractivity contribution in [3.8, 4) is 0 Å². The Labute approximate surface area is 97.7 Å². The van der Waals surface area contributed by atoms with Gasteiger partial charge in [-0.25, -0.2) is 0 Å². The molecule has 0 amide bonds. The summed E-state index contributed by atoms with van der Waals surface area (Å²) in [4.78, 5) is 0. The molecule has 0 atom stereocenters. The van der Waals surface area contributed by atoms with Gasteiger partial charge in [0, 0.05) is 12.8 Å². The highest BCUT2D eigenvalue weighted by Crippen LogP contribution is 2.52. The second-order valence-electron chi connectivity index (χ2n) is 5.96. The van der Waals surface area contributed by atoms with E-state index in [1.54, 1.807) is 0 Å². The minimum absolute atomic E-state index is 0.185. The molecule has 1 heterocycles. The van der Waals surface area contributed by atoms with Gasteiger partial charge in [-0.1, -0.05) is 0 Å². The summed E-state index contributed by atoms with van der Waals surface area (Å²) in [5.74, 6) is 0.681. The minimum Gasteiger partial charge on any atom is -0.348 e. The SMILES string of the molecule is NCC1(CC2CCC3(CC2)OCCO3)CC1. The van der Waals surface area contributed by atoms with Crippen LogP contribution in [0.15, 0.2) is 0 Å². The minimum atomic E-state index is -0.185. The van der Waals surface area contributed by atoms with Crippen LogP contribution in [0, 0.1) is 11.3 Å². The van der Waals surface area contributed by atoms with Gasteiger partial charge in [0.05, 0.1) is 13.2 Å². The average Bonchev–Trinajstić information content (AvgIpc) is 2.95. The molecule has 3 nitrogen and oxygen atoms in total. The van der Waals surface area contributed by atoms with E-state index < -0.39 is 0 Å². The zero-order chi connectivity index (χ0) is 11.1. The summed E-state index contributed by atoms with van der Waals surface area (Å²) in [5.41, 5.74) is 6.39. The van der Waals surface area contributed by atoms with E-state index in [0.717, 1.165) is 38.5 Å². The van der Waals surface area contributed by atoms with Gasteiger partial charge in [0.1, 0.15) is 0 Å². The highest BCUT2D eigenvalue weighted by atomic mass is 16.7. The summed E-state index contributed by atoms with van der Waals surface area (Å²) in [6.07, 6.45) is 8.79. The fourth-order valence-corrected chi connectivity index (χ4v) is 3.39. The lowest BCUT2D eigenvalue weighted by atomic mass is 9.79. The van der Waals surface area contributed by atoms with E-state index in [-0.39, 0.29) is 5.79 Å². The van der Waals surface area contributed by atoms with Gasteiger partial charge in [-0.2, -0.15) is 0 Å². The molecular weight excluding hydrogens is 202 g/mol. The summed E-state index contributed by atoms with van der Waals surface area (Å²) in [7, 11) is 0. The van der Waals surface area contributed by atoms with Crippen LogP contribution in [0.1, 0.15) is 44.9 Å². The zero-order valence-corrected chi connectivity index (χ0v) is 10.0. The lowest BCUT2D eigenvalue weighted by molar-refractivity contribution is -0.183. The third-order valence-corrected chi connectivity index (χ3v) is 4.79. The van der Waals surface area contributed by atoms with E-state index in [1.165, 1.54) is 32.1 Å². The van der Waals surface area contributed by atoms with Crippen molar-refractivity contribution >= 4 is 0 Å². The predicted octanol–water partition coefficient (Wildman–Crippen LogP) is 2.05. The molecule has 0 aromatic heterocycles. The molecule has 3 heteroatoms. The largest absolute Gasteiger partial charge is 0.348 e. The van der Waals surface area contributed by atoms with Gasteiger partial charge in [0.25, 0.3) is 0 Å². The molecule has 16 heavy (non-hydrogen) atoms. The fourth-order valence-electron chi connectivity index (χ4n) is 3.39.